The van der Waals surface area contributed by atoms with Crippen molar-refractivity contribution in [3.05, 3.63) is 43.5 Å². The van der Waals surface area contributed by atoms with E-state index in [1.807, 2.05) is 22.6 Å². The Labute approximate surface area is 98.7 Å². The molecular formula is C9H6INO4. The van der Waals surface area contributed by atoms with Gasteiger partial charge in [0.25, 0.3) is 5.69 Å². The van der Waals surface area contributed by atoms with Crippen LogP contribution in [0.15, 0.2) is 24.3 Å². The summed E-state index contributed by atoms with van der Waals surface area (Å²) in [5.41, 5.74) is 0.213. The molecule has 15 heavy (non-hydrogen) atoms. The molecule has 0 unspecified atom stereocenters. The normalized spacial score (nSPS) is 10.5. The molecule has 1 rings (SSSR count). The second kappa shape index (κ2) is 4.87. The fourth-order valence-electron chi connectivity index (χ4n) is 1.02. The molecule has 0 radical (unpaired) electrons. The number of benzene rings is 1. The number of rotatable bonds is 3. The van der Waals surface area contributed by atoms with E-state index in [9.17, 15) is 14.9 Å². The zero-order valence-electron chi connectivity index (χ0n) is 7.38. The summed E-state index contributed by atoms with van der Waals surface area (Å²) in [5, 5.41) is 19.1. The highest BCUT2D eigenvalue weighted by atomic mass is 127. The summed E-state index contributed by atoms with van der Waals surface area (Å²) < 4.78 is 0.477. The van der Waals surface area contributed by atoms with Crippen LogP contribution in [0.2, 0.25) is 0 Å². The van der Waals surface area contributed by atoms with Gasteiger partial charge in [-0.2, -0.15) is 0 Å². The third-order valence-corrected chi connectivity index (χ3v) is 2.48. The first kappa shape index (κ1) is 11.6. The second-order valence-corrected chi connectivity index (χ2v) is 3.77. The molecule has 0 fully saturated rings. The summed E-state index contributed by atoms with van der Waals surface area (Å²) in [7, 11) is 0. The first-order valence-electron chi connectivity index (χ1n) is 3.86. The van der Waals surface area contributed by atoms with Crippen LogP contribution in [0.1, 0.15) is 5.56 Å². The smallest absolute Gasteiger partial charge is 0.328 e. The largest absolute Gasteiger partial charge is 0.478 e. The summed E-state index contributed by atoms with van der Waals surface area (Å²) >= 11 is 1.84. The van der Waals surface area contributed by atoms with Gasteiger partial charge < -0.3 is 5.11 Å². The predicted octanol–water partition coefficient (Wildman–Crippen LogP) is 2.30. The van der Waals surface area contributed by atoms with Crippen molar-refractivity contribution in [2.24, 2.45) is 0 Å². The van der Waals surface area contributed by atoms with Crippen molar-refractivity contribution in [3.63, 3.8) is 0 Å². The summed E-state index contributed by atoms with van der Waals surface area (Å²) in [6, 6.07) is 4.73. The Hall–Kier alpha value is -1.44. The summed E-state index contributed by atoms with van der Waals surface area (Å²) in [6.07, 6.45) is 2.08. The molecule has 0 heterocycles. The van der Waals surface area contributed by atoms with E-state index in [4.69, 9.17) is 5.11 Å². The van der Waals surface area contributed by atoms with Crippen LogP contribution < -0.4 is 0 Å². The number of aliphatic carboxylic acids is 1. The molecule has 0 saturated heterocycles. The molecule has 0 aliphatic heterocycles. The fourth-order valence-corrected chi connectivity index (χ4v) is 1.74. The van der Waals surface area contributed by atoms with Crippen LogP contribution in [0.25, 0.3) is 6.08 Å². The van der Waals surface area contributed by atoms with Gasteiger partial charge in [0, 0.05) is 6.08 Å². The Balaban J connectivity index is 3.23. The van der Waals surface area contributed by atoms with E-state index in [0.717, 1.165) is 6.08 Å². The molecule has 0 saturated carbocycles. The average molecular weight is 319 g/mol. The Bertz CT molecular complexity index is 442. The van der Waals surface area contributed by atoms with E-state index >= 15 is 0 Å². The van der Waals surface area contributed by atoms with Crippen molar-refractivity contribution < 1.29 is 14.8 Å². The first-order valence-corrected chi connectivity index (χ1v) is 4.94. The van der Waals surface area contributed by atoms with Gasteiger partial charge in [-0.15, -0.1) is 0 Å². The molecule has 1 aromatic carbocycles. The third kappa shape index (κ3) is 3.01. The van der Waals surface area contributed by atoms with E-state index in [1.54, 1.807) is 12.1 Å². The number of hydrogen-bond acceptors (Lipinski definition) is 3. The van der Waals surface area contributed by atoms with Gasteiger partial charge in [0.1, 0.15) is 0 Å². The molecule has 1 aromatic rings. The monoisotopic (exact) mass is 319 g/mol. The SMILES string of the molecule is O=C(O)/C=C/c1cccc(I)c1[N+](=O)[O-]. The first-order chi connectivity index (χ1) is 7.02. The van der Waals surface area contributed by atoms with Gasteiger partial charge in [0.2, 0.25) is 0 Å². The van der Waals surface area contributed by atoms with Crippen molar-refractivity contribution in [1.29, 1.82) is 0 Å². The predicted molar refractivity (Wildman–Crippen MR) is 62.5 cm³/mol. The molecule has 0 aliphatic carbocycles. The van der Waals surface area contributed by atoms with Crippen LogP contribution in [-0.4, -0.2) is 16.0 Å². The maximum Gasteiger partial charge on any atom is 0.328 e. The molecular weight excluding hydrogens is 313 g/mol. The van der Waals surface area contributed by atoms with Gasteiger partial charge in [-0.3, -0.25) is 10.1 Å². The summed E-state index contributed by atoms with van der Waals surface area (Å²) in [6.45, 7) is 0. The third-order valence-electron chi connectivity index (χ3n) is 1.61. The fraction of sp³-hybridized carbons (Fsp3) is 0. The molecule has 1 N–H and O–H groups in total. The number of hydrogen-bond donors (Lipinski definition) is 1. The minimum atomic E-state index is -1.14. The molecule has 0 aliphatic rings. The van der Waals surface area contributed by atoms with Crippen molar-refractivity contribution in [3.8, 4) is 0 Å². The maximum absolute atomic E-state index is 10.7. The summed E-state index contributed by atoms with van der Waals surface area (Å²) in [4.78, 5) is 20.5. The lowest BCUT2D eigenvalue weighted by atomic mass is 10.1. The van der Waals surface area contributed by atoms with Crippen molar-refractivity contribution in [1.82, 2.24) is 0 Å². The van der Waals surface area contributed by atoms with Crippen LogP contribution in [0.3, 0.4) is 0 Å². The number of nitrogens with zero attached hydrogens (tertiary/aromatic N) is 1. The Kier molecular flexibility index (Phi) is 3.78. The number of carboxylic acid groups (broad SMARTS) is 1. The summed E-state index contributed by atoms with van der Waals surface area (Å²) in [5.74, 6) is -1.14. The zero-order chi connectivity index (χ0) is 11.4. The number of carboxylic acids is 1. The highest BCUT2D eigenvalue weighted by Gasteiger charge is 2.15. The lowest BCUT2D eigenvalue weighted by molar-refractivity contribution is -0.386. The molecule has 0 aromatic heterocycles. The van der Waals surface area contributed by atoms with Gasteiger partial charge >= 0.3 is 5.97 Å². The highest BCUT2D eigenvalue weighted by Crippen LogP contribution is 2.26. The Morgan fingerprint density at radius 1 is 1.53 bits per heavy atom. The molecule has 6 heteroatoms. The lowest BCUT2D eigenvalue weighted by Gasteiger charge is -1.98. The van der Waals surface area contributed by atoms with Gasteiger partial charge in [-0.1, -0.05) is 6.07 Å². The van der Waals surface area contributed by atoms with Crippen LogP contribution in [0, 0.1) is 13.7 Å². The molecule has 0 spiro atoms. The number of halogens is 1. The number of nitro benzene ring substituents is 1. The zero-order valence-corrected chi connectivity index (χ0v) is 9.54. The number of nitro groups is 1. The standard InChI is InChI=1S/C9H6INO4/c10-7-3-1-2-6(4-5-8(12)13)9(7)11(14)15/h1-5H,(H,12,13)/b5-4+. The van der Waals surface area contributed by atoms with Crippen molar-refractivity contribution in [2.45, 2.75) is 0 Å². The minimum Gasteiger partial charge on any atom is -0.478 e. The van der Waals surface area contributed by atoms with E-state index in [1.165, 1.54) is 12.1 Å². The molecule has 5 nitrogen and oxygen atoms in total. The molecule has 0 atom stereocenters. The van der Waals surface area contributed by atoms with Crippen molar-refractivity contribution >= 4 is 40.3 Å². The van der Waals surface area contributed by atoms with Gasteiger partial charge in [0.05, 0.1) is 14.1 Å². The van der Waals surface area contributed by atoms with E-state index < -0.39 is 10.9 Å². The van der Waals surface area contributed by atoms with Crippen LogP contribution in [0.4, 0.5) is 5.69 Å². The van der Waals surface area contributed by atoms with Gasteiger partial charge in [-0.25, -0.2) is 4.79 Å². The van der Waals surface area contributed by atoms with Gasteiger partial charge in [0.15, 0.2) is 0 Å². The second-order valence-electron chi connectivity index (χ2n) is 2.61. The number of para-hydroxylation sites is 1. The van der Waals surface area contributed by atoms with Crippen LogP contribution >= 0.6 is 22.6 Å². The quantitative estimate of drug-likeness (QED) is 0.401. The van der Waals surface area contributed by atoms with Crippen LogP contribution in [0.5, 0.6) is 0 Å². The minimum absolute atomic E-state index is 0.0735. The van der Waals surface area contributed by atoms with E-state index in [-0.39, 0.29) is 11.3 Å². The Morgan fingerprint density at radius 3 is 2.73 bits per heavy atom. The van der Waals surface area contributed by atoms with E-state index in [2.05, 4.69) is 0 Å². The highest BCUT2D eigenvalue weighted by molar-refractivity contribution is 14.1. The maximum atomic E-state index is 10.7. The molecule has 0 amide bonds. The topological polar surface area (TPSA) is 80.4 Å². The number of carbonyl (C=O) groups is 1. The lowest BCUT2D eigenvalue weighted by Crippen LogP contribution is -1.95. The molecule has 78 valence electrons. The van der Waals surface area contributed by atoms with Gasteiger partial charge in [-0.05, 0) is 40.8 Å². The molecule has 0 bridgehead atoms. The Morgan fingerprint density at radius 2 is 2.20 bits per heavy atom. The van der Waals surface area contributed by atoms with E-state index in [0.29, 0.717) is 3.57 Å². The van der Waals surface area contributed by atoms with Crippen LogP contribution in [-0.2, 0) is 4.79 Å². The van der Waals surface area contributed by atoms with Crippen molar-refractivity contribution in [2.75, 3.05) is 0 Å². The average Bonchev–Trinajstić information content (AvgIpc) is 2.13.